The lowest BCUT2D eigenvalue weighted by atomic mass is 9.78. The van der Waals surface area contributed by atoms with Gasteiger partial charge in [-0.1, -0.05) is 6.42 Å². The molecule has 1 heterocycles. The second-order valence-corrected chi connectivity index (χ2v) is 9.87. The minimum absolute atomic E-state index is 0.0611. The minimum atomic E-state index is -4.02. The van der Waals surface area contributed by atoms with Gasteiger partial charge < -0.3 is 26.6 Å². The van der Waals surface area contributed by atoms with Crippen LogP contribution < -0.4 is 16.2 Å². The van der Waals surface area contributed by atoms with Crippen LogP contribution in [0.4, 0.5) is 0 Å². The van der Waals surface area contributed by atoms with Gasteiger partial charge in [0.2, 0.25) is 0 Å². The van der Waals surface area contributed by atoms with Crippen molar-refractivity contribution < 1.29 is 28.4 Å². The Hall–Kier alpha value is -0.755. The van der Waals surface area contributed by atoms with Crippen molar-refractivity contribution in [3.63, 3.8) is 0 Å². The van der Waals surface area contributed by atoms with Crippen LogP contribution in [0.2, 0.25) is 6.32 Å². The van der Waals surface area contributed by atoms with Gasteiger partial charge in [0.1, 0.15) is 5.54 Å². The fourth-order valence-electron chi connectivity index (χ4n) is 2.73. The van der Waals surface area contributed by atoms with Crippen molar-refractivity contribution in [3.05, 3.63) is 0 Å². The predicted octanol–water partition coefficient (Wildman–Crippen LogP) is -1.70. The molecule has 10 nitrogen and oxygen atoms in total. The molecular formula is C14H31BN4O6S. The fourth-order valence-corrected chi connectivity index (χ4v) is 4.53. The summed E-state index contributed by atoms with van der Waals surface area (Å²) in [6, 6.07) is 0. The van der Waals surface area contributed by atoms with Crippen LogP contribution in [0, 0.1) is 5.92 Å². The molecule has 0 unspecified atom stereocenters. The Morgan fingerprint density at radius 1 is 1.35 bits per heavy atom. The van der Waals surface area contributed by atoms with Crippen molar-refractivity contribution in [1.82, 2.24) is 9.03 Å². The molecule has 1 saturated heterocycles. The number of rotatable bonds is 9. The van der Waals surface area contributed by atoms with E-state index in [0.29, 0.717) is 6.42 Å². The highest BCUT2D eigenvalue weighted by molar-refractivity contribution is 7.87. The monoisotopic (exact) mass is 394 g/mol. The standard InChI is InChI=1S/C14H31BN4O6S/c1-12(2,16)13(3,4)18-26(24,25)19-8-10(6-5-7-15(22)23)14(17,9-19)11(20)21/h10,18,22-23H,5-9,16-17H2,1-4H3,(H,20,21)/t10-,14-/m1/s1. The van der Waals surface area contributed by atoms with E-state index in [1.807, 2.05) is 0 Å². The summed E-state index contributed by atoms with van der Waals surface area (Å²) in [7, 11) is -5.52. The Morgan fingerprint density at radius 3 is 2.31 bits per heavy atom. The smallest absolute Gasteiger partial charge is 0.451 e. The zero-order chi connectivity index (χ0) is 20.6. The van der Waals surface area contributed by atoms with Crippen LogP contribution in [0.3, 0.4) is 0 Å². The van der Waals surface area contributed by atoms with Crippen LogP contribution in [0.5, 0.6) is 0 Å². The van der Waals surface area contributed by atoms with E-state index >= 15 is 0 Å². The van der Waals surface area contributed by atoms with Gasteiger partial charge in [-0.2, -0.15) is 17.4 Å². The molecule has 0 spiro atoms. The van der Waals surface area contributed by atoms with Gasteiger partial charge in [-0.3, -0.25) is 4.79 Å². The molecular weight excluding hydrogens is 363 g/mol. The lowest BCUT2D eigenvalue weighted by Gasteiger charge is -2.39. The molecule has 0 aromatic carbocycles. The Kier molecular flexibility index (Phi) is 6.90. The summed E-state index contributed by atoms with van der Waals surface area (Å²) in [5, 5.41) is 27.4. The van der Waals surface area contributed by atoms with Crippen molar-refractivity contribution in [2.45, 2.75) is 63.5 Å². The third-order valence-corrected chi connectivity index (χ3v) is 7.06. The van der Waals surface area contributed by atoms with E-state index < -0.39 is 45.8 Å². The van der Waals surface area contributed by atoms with Crippen molar-refractivity contribution in [1.29, 1.82) is 0 Å². The van der Waals surface area contributed by atoms with Gasteiger partial charge in [-0.05, 0) is 40.4 Å². The molecule has 1 aliphatic heterocycles. The summed E-state index contributed by atoms with van der Waals surface area (Å²) in [5.74, 6) is -1.94. The molecule has 152 valence electrons. The van der Waals surface area contributed by atoms with E-state index in [-0.39, 0.29) is 25.8 Å². The van der Waals surface area contributed by atoms with E-state index in [9.17, 15) is 18.3 Å². The van der Waals surface area contributed by atoms with E-state index in [1.54, 1.807) is 27.7 Å². The van der Waals surface area contributed by atoms with Crippen LogP contribution in [-0.2, 0) is 15.0 Å². The Morgan fingerprint density at radius 2 is 1.88 bits per heavy atom. The fraction of sp³-hybridized carbons (Fsp3) is 0.929. The number of nitrogens with two attached hydrogens (primary N) is 2. The van der Waals surface area contributed by atoms with E-state index in [1.165, 1.54) is 0 Å². The van der Waals surface area contributed by atoms with Gasteiger partial charge in [0.15, 0.2) is 0 Å². The first-order valence-corrected chi connectivity index (χ1v) is 9.93. The second-order valence-electron chi connectivity index (χ2n) is 8.20. The Labute approximate surface area is 155 Å². The summed E-state index contributed by atoms with van der Waals surface area (Å²) in [5.41, 5.74) is 8.47. The number of nitrogens with zero attached hydrogens (tertiary/aromatic N) is 1. The maximum absolute atomic E-state index is 12.8. The number of carboxylic acids is 1. The number of aliphatic carboxylic acids is 1. The predicted molar refractivity (Wildman–Crippen MR) is 98.3 cm³/mol. The van der Waals surface area contributed by atoms with Gasteiger partial charge in [-0.25, -0.2) is 0 Å². The second kappa shape index (κ2) is 7.70. The molecule has 0 aromatic rings. The first-order chi connectivity index (χ1) is 11.5. The van der Waals surface area contributed by atoms with Crippen LogP contribution >= 0.6 is 0 Å². The molecule has 1 fully saturated rings. The van der Waals surface area contributed by atoms with Crippen molar-refractivity contribution in [2.24, 2.45) is 17.4 Å². The zero-order valence-electron chi connectivity index (χ0n) is 15.8. The molecule has 8 N–H and O–H groups in total. The molecule has 0 bridgehead atoms. The molecule has 2 atom stereocenters. The van der Waals surface area contributed by atoms with Gasteiger partial charge in [0.05, 0.1) is 0 Å². The average molecular weight is 394 g/mol. The van der Waals surface area contributed by atoms with Crippen LogP contribution in [0.1, 0.15) is 40.5 Å². The van der Waals surface area contributed by atoms with Gasteiger partial charge in [0.25, 0.3) is 10.2 Å². The topological polar surface area (TPSA) is 179 Å². The zero-order valence-corrected chi connectivity index (χ0v) is 16.6. The van der Waals surface area contributed by atoms with E-state index in [0.717, 1.165) is 4.31 Å². The van der Waals surface area contributed by atoms with Crippen LogP contribution in [-0.4, -0.2) is 70.7 Å². The molecule has 26 heavy (non-hydrogen) atoms. The quantitative estimate of drug-likeness (QED) is 0.251. The maximum atomic E-state index is 12.8. The number of carbonyl (C=O) groups is 1. The molecule has 0 aliphatic carbocycles. The molecule has 0 saturated carbocycles. The first kappa shape index (κ1) is 23.3. The average Bonchev–Trinajstić information content (AvgIpc) is 2.76. The Bertz CT molecular complexity index is 621. The van der Waals surface area contributed by atoms with Crippen molar-refractivity contribution in [2.75, 3.05) is 13.1 Å². The molecule has 0 radical (unpaired) electrons. The summed E-state index contributed by atoms with van der Waals surface area (Å²) in [6.45, 7) is 6.23. The van der Waals surface area contributed by atoms with E-state index in [4.69, 9.17) is 21.5 Å². The largest absolute Gasteiger partial charge is 0.480 e. The van der Waals surface area contributed by atoms with Gasteiger partial charge >= 0.3 is 13.1 Å². The number of carboxylic acid groups (broad SMARTS) is 1. The van der Waals surface area contributed by atoms with Gasteiger partial charge in [0, 0.05) is 30.1 Å². The number of nitrogens with one attached hydrogen (secondary N) is 1. The molecule has 1 rings (SSSR count). The number of hydrogen-bond acceptors (Lipinski definition) is 7. The molecule has 12 heteroatoms. The summed E-state index contributed by atoms with van der Waals surface area (Å²) in [4.78, 5) is 11.7. The van der Waals surface area contributed by atoms with Crippen molar-refractivity contribution in [3.8, 4) is 0 Å². The molecule has 1 aliphatic rings. The van der Waals surface area contributed by atoms with Gasteiger partial charge in [-0.15, -0.1) is 0 Å². The van der Waals surface area contributed by atoms with Crippen LogP contribution in [0.25, 0.3) is 0 Å². The first-order valence-electron chi connectivity index (χ1n) is 8.49. The lowest BCUT2D eigenvalue weighted by Crippen LogP contribution is -2.64. The molecule has 0 aromatic heterocycles. The normalized spacial score (nSPS) is 25.5. The molecule has 0 amide bonds. The summed E-state index contributed by atoms with van der Waals surface area (Å²) in [6.07, 6.45) is 0.640. The van der Waals surface area contributed by atoms with Crippen LogP contribution in [0.15, 0.2) is 0 Å². The maximum Gasteiger partial charge on any atom is 0.451 e. The number of hydrogen-bond donors (Lipinski definition) is 6. The third kappa shape index (κ3) is 5.15. The highest BCUT2D eigenvalue weighted by atomic mass is 32.2. The highest BCUT2D eigenvalue weighted by Gasteiger charge is 2.53. The van der Waals surface area contributed by atoms with Crippen molar-refractivity contribution >= 4 is 23.3 Å². The highest BCUT2D eigenvalue weighted by Crippen LogP contribution is 2.32. The SMILES string of the molecule is CC(C)(N)C(C)(C)NS(=O)(=O)N1C[C@@H](CCCB(O)O)[C@@](N)(C(=O)O)C1. The third-order valence-electron chi connectivity index (χ3n) is 5.34. The summed E-state index contributed by atoms with van der Waals surface area (Å²) >= 11 is 0. The Balaban J connectivity index is 2.99. The minimum Gasteiger partial charge on any atom is -0.480 e. The lowest BCUT2D eigenvalue weighted by molar-refractivity contribution is -0.144. The summed E-state index contributed by atoms with van der Waals surface area (Å²) < 4.78 is 29.1. The van der Waals surface area contributed by atoms with E-state index in [2.05, 4.69) is 4.72 Å².